The highest BCUT2D eigenvalue weighted by Gasteiger charge is 2.35. The smallest absolute Gasteiger partial charge is 0.352 e. The lowest BCUT2D eigenvalue weighted by molar-refractivity contribution is -0.139. The highest BCUT2D eigenvalue weighted by atomic mass is 19.4. The molecule has 0 spiro atoms. The van der Waals surface area contributed by atoms with Gasteiger partial charge in [0.2, 0.25) is 5.91 Å². The van der Waals surface area contributed by atoms with Gasteiger partial charge < -0.3 is 5.32 Å². The van der Waals surface area contributed by atoms with E-state index in [1.807, 2.05) is 6.92 Å². The van der Waals surface area contributed by atoms with Gasteiger partial charge in [-0.15, -0.1) is 0 Å². The van der Waals surface area contributed by atoms with E-state index in [1.54, 1.807) is 37.3 Å². The number of hydrogen-bond acceptors (Lipinski definition) is 3. The Bertz CT molecular complexity index is 801. The third kappa shape index (κ3) is 4.68. The molecule has 0 bridgehead atoms. The lowest BCUT2D eigenvalue weighted by Gasteiger charge is -2.14. The third-order valence-corrected chi connectivity index (χ3v) is 3.66. The molecule has 0 fully saturated rings. The molecule has 1 atom stereocenters. The van der Waals surface area contributed by atoms with E-state index in [2.05, 4.69) is 10.4 Å². The van der Waals surface area contributed by atoms with Crippen molar-refractivity contribution in [3.8, 4) is 11.3 Å². The number of amides is 1. The molecule has 1 unspecified atom stereocenters. The van der Waals surface area contributed by atoms with Gasteiger partial charge in [-0.2, -0.15) is 18.3 Å². The SMILES string of the molecule is CCC(C)NC(=O)Cn1nc(-c2ccccc2)cc(C(F)(F)F)c1=O. The fourth-order valence-corrected chi connectivity index (χ4v) is 2.16. The van der Waals surface area contributed by atoms with Crippen LogP contribution in [-0.2, 0) is 17.5 Å². The summed E-state index contributed by atoms with van der Waals surface area (Å²) in [5.74, 6) is -0.567. The maximum absolute atomic E-state index is 13.2. The lowest BCUT2D eigenvalue weighted by Crippen LogP contribution is -2.39. The Balaban J connectivity index is 2.48. The zero-order valence-corrected chi connectivity index (χ0v) is 13.8. The average molecular weight is 353 g/mol. The summed E-state index contributed by atoms with van der Waals surface area (Å²) in [5, 5.41) is 6.54. The van der Waals surface area contributed by atoms with E-state index in [1.165, 1.54) is 0 Å². The van der Waals surface area contributed by atoms with Crippen LogP contribution in [0.25, 0.3) is 11.3 Å². The van der Waals surface area contributed by atoms with E-state index in [0.717, 1.165) is 0 Å². The molecule has 1 aromatic carbocycles. The molecular weight excluding hydrogens is 335 g/mol. The molecule has 1 heterocycles. The number of benzene rings is 1. The van der Waals surface area contributed by atoms with Crippen LogP contribution >= 0.6 is 0 Å². The minimum atomic E-state index is -4.83. The molecule has 0 aliphatic carbocycles. The number of carbonyl (C=O) groups is 1. The molecule has 8 heteroatoms. The number of carbonyl (C=O) groups excluding carboxylic acids is 1. The van der Waals surface area contributed by atoms with Crippen LogP contribution in [0.5, 0.6) is 0 Å². The number of hydrogen-bond donors (Lipinski definition) is 1. The van der Waals surface area contributed by atoms with Crippen molar-refractivity contribution in [3.63, 3.8) is 0 Å². The Hall–Kier alpha value is -2.64. The average Bonchev–Trinajstić information content (AvgIpc) is 2.56. The Labute approximate surface area is 142 Å². The largest absolute Gasteiger partial charge is 0.421 e. The van der Waals surface area contributed by atoms with Crippen molar-refractivity contribution < 1.29 is 18.0 Å². The monoisotopic (exact) mass is 353 g/mol. The molecule has 0 saturated heterocycles. The lowest BCUT2D eigenvalue weighted by atomic mass is 10.1. The predicted octanol–water partition coefficient (Wildman–Crippen LogP) is 2.84. The highest BCUT2D eigenvalue weighted by molar-refractivity contribution is 5.76. The zero-order chi connectivity index (χ0) is 18.6. The first kappa shape index (κ1) is 18.7. The number of aromatic nitrogens is 2. The van der Waals surface area contributed by atoms with E-state index in [-0.39, 0.29) is 11.7 Å². The van der Waals surface area contributed by atoms with E-state index in [9.17, 15) is 22.8 Å². The minimum absolute atomic E-state index is 0.0242. The Kier molecular flexibility index (Phi) is 5.61. The number of halogens is 3. The van der Waals surface area contributed by atoms with Crippen molar-refractivity contribution in [3.05, 3.63) is 52.3 Å². The van der Waals surface area contributed by atoms with Gasteiger partial charge in [-0.25, -0.2) is 4.68 Å². The van der Waals surface area contributed by atoms with Crippen LogP contribution in [0.15, 0.2) is 41.2 Å². The van der Waals surface area contributed by atoms with Crippen molar-refractivity contribution in [2.24, 2.45) is 0 Å². The Morgan fingerprint density at radius 1 is 1.28 bits per heavy atom. The van der Waals surface area contributed by atoms with Crippen molar-refractivity contribution in [1.29, 1.82) is 0 Å². The van der Waals surface area contributed by atoms with Gasteiger partial charge in [-0.1, -0.05) is 37.3 Å². The fourth-order valence-electron chi connectivity index (χ4n) is 2.16. The molecular formula is C17H18F3N3O2. The molecule has 0 aliphatic rings. The van der Waals surface area contributed by atoms with Crippen molar-refractivity contribution >= 4 is 5.91 Å². The number of alkyl halides is 3. The second-order valence-electron chi connectivity index (χ2n) is 5.65. The summed E-state index contributed by atoms with van der Waals surface area (Å²) in [6, 6.07) is 8.73. The number of nitrogens with one attached hydrogen (secondary N) is 1. The van der Waals surface area contributed by atoms with Crippen LogP contribution < -0.4 is 10.9 Å². The van der Waals surface area contributed by atoms with Crippen LogP contribution in [-0.4, -0.2) is 21.7 Å². The van der Waals surface area contributed by atoms with Gasteiger partial charge in [-0.05, 0) is 19.4 Å². The molecule has 134 valence electrons. The Morgan fingerprint density at radius 3 is 2.48 bits per heavy atom. The normalized spacial score (nSPS) is 12.7. The van der Waals surface area contributed by atoms with Gasteiger partial charge in [0.05, 0.1) is 5.69 Å². The van der Waals surface area contributed by atoms with Crippen LogP contribution in [0.4, 0.5) is 13.2 Å². The van der Waals surface area contributed by atoms with Gasteiger partial charge in [-0.3, -0.25) is 9.59 Å². The summed E-state index contributed by atoms with van der Waals surface area (Å²) >= 11 is 0. The van der Waals surface area contributed by atoms with Gasteiger partial charge in [0, 0.05) is 11.6 Å². The molecule has 0 saturated carbocycles. The molecule has 1 aromatic heterocycles. The van der Waals surface area contributed by atoms with Gasteiger partial charge >= 0.3 is 6.18 Å². The van der Waals surface area contributed by atoms with Crippen LogP contribution in [0.1, 0.15) is 25.8 Å². The molecule has 0 radical (unpaired) electrons. The van der Waals surface area contributed by atoms with Crippen LogP contribution in [0.2, 0.25) is 0 Å². The molecule has 0 aliphatic heterocycles. The minimum Gasteiger partial charge on any atom is -0.352 e. The molecule has 2 aromatic rings. The summed E-state index contributed by atoms with van der Waals surface area (Å²) in [7, 11) is 0. The fraction of sp³-hybridized carbons (Fsp3) is 0.353. The van der Waals surface area contributed by atoms with E-state index < -0.39 is 29.8 Å². The molecule has 5 nitrogen and oxygen atoms in total. The quantitative estimate of drug-likeness (QED) is 0.899. The van der Waals surface area contributed by atoms with Gasteiger partial charge in [0.25, 0.3) is 5.56 Å². The summed E-state index contributed by atoms with van der Waals surface area (Å²) in [5.41, 5.74) is -2.29. The molecule has 25 heavy (non-hydrogen) atoms. The van der Waals surface area contributed by atoms with Crippen LogP contribution in [0, 0.1) is 0 Å². The second kappa shape index (κ2) is 7.50. The first-order chi connectivity index (χ1) is 11.7. The third-order valence-electron chi connectivity index (χ3n) is 3.66. The molecule has 2 rings (SSSR count). The summed E-state index contributed by atoms with van der Waals surface area (Å²) < 4.78 is 40.1. The number of nitrogens with zero attached hydrogens (tertiary/aromatic N) is 2. The van der Waals surface area contributed by atoms with Crippen LogP contribution in [0.3, 0.4) is 0 Å². The first-order valence-electron chi connectivity index (χ1n) is 7.76. The highest BCUT2D eigenvalue weighted by Crippen LogP contribution is 2.28. The standard InChI is InChI=1S/C17H18F3N3O2/c1-3-11(2)21-15(24)10-23-16(25)13(17(18,19)20)9-14(22-23)12-7-5-4-6-8-12/h4-9,11H,3,10H2,1-2H3,(H,21,24). The zero-order valence-electron chi connectivity index (χ0n) is 13.8. The first-order valence-corrected chi connectivity index (χ1v) is 7.76. The number of rotatable bonds is 5. The van der Waals surface area contributed by atoms with Gasteiger partial charge in [0.1, 0.15) is 12.1 Å². The maximum Gasteiger partial charge on any atom is 0.421 e. The van der Waals surface area contributed by atoms with Crippen molar-refractivity contribution in [2.45, 2.75) is 39.0 Å². The maximum atomic E-state index is 13.2. The molecule has 1 amide bonds. The van der Waals surface area contributed by atoms with E-state index in [4.69, 9.17) is 0 Å². The summed E-state index contributed by atoms with van der Waals surface area (Å²) in [6.07, 6.45) is -4.18. The molecule has 1 N–H and O–H groups in total. The Morgan fingerprint density at radius 2 is 1.92 bits per heavy atom. The van der Waals surface area contributed by atoms with Gasteiger partial charge in [0.15, 0.2) is 0 Å². The summed E-state index contributed by atoms with van der Waals surface area (Å²) in [4.78, 5) is 24.0. The van der Waals surface area contributed by atoms with Crippen molar-refractivity contribution in [1.82, 2.24) is 15.1 Å². The van der Waals surface area contributed by atoms with Crippen molar-refractivity contribution in [2.75, 3.05) is 0 Å². The summed E-state index contributed by atoms with van der Waals surface area (Å²) in [6.45, 7) is 3.04. The predicted molar refractivity (Wildman–Crippen MR) is 86.8 cm³/mol. The topological polar surface area (TPSA) is 64.0 Å². The second-order valence-corrected chi connectivity index (χ2v) is 5.65. The van der Waals surface area contributed by atoms with E-state index in [0.29, 0.717) is 22.7 Å². The van der Waals surface area contributed by atoms with E-state index >= 15 is 0 Å².